The normalized spacial score (nSPS) is 10.2. The second-order valence-corrected chi connectivity index (χ2v) is 5.18. The molecular weight excluding hydrogens is 300 g/mol. The molecule has 1 N–H and O–H groups in total. The molecule has 2 aromatic rings. The van der Waals surface area contributed by atoms with Gasteiger partial charge in [-0.05, 0) is 46.4 Å². The van der Waals surface area contributed by atoms with Crippen LogP contribution >= 0.6 is 27.3 Å². The van der Waals surface area contributed by atoms with E-state index in [2.05, 4.69) is 31.6 Å². The predicted octanol–water partition coefficient (Wildman–Crippen LogP) is 3.92. The molecule has 17 heavy (non-hydrogen) atoms. The topological polar surface area (TPSA) is 34.1 Å². The lowest BCUT2D eigenvalue weighted by atomic mass is 10.4. The largest absolute Gasteiger partial charge is 0.490 e. The Kier molecular flexibility index (Phi) is 4.39. The molecule has 0 fully saturated rings. The Labute approximate surface area is 113 Å². The van der Waals surface area contributed by atoms with Crippen LogP contribution in [0.4, 0.5) is 5.82 Å². The third-order valence-corrected chi connectivity index (χ3v) is 4.10. The summed E-state index contributed by atoms with van der Waals surface area (Å²) in [5.41, 5.74) is 0. The summed E-state index contributed by atoms with van der Waals surface area (Å²) in [7, 11) is 0. The number of pyridine rings is 1. The van der Waals surface area contributed by atoms with Gasteiger partial charge in [0.05, 0.1) is 13.2 Å². The molecule has 2 aromatic heterocycles. The van der Waals surface area contributed by atoms with E-state index in [0.29, 0.717) is 6.61 Å². The number of thiophene rings is 1. The van der Waals surface area contributed by atoms with Gasteiger partial charge in [-0.2, -0.15) is 0 Å². The molecule has 0 amide bonds. The molecule has 90 valence electrons. The Morgan fingerprint density at radius 2 is 2.35 bits per heavy atom. The van der Waals surface area contributed by atoms with Gasteiger partial charge in [-0.15, -0.1) is 11.3 Å². The molecule has 0 radical (unpaired) electrons. The summed E-state index contributed by atoms with van der Waals surface area (Å²) in [6.45, 7) is 3.35. The lowest BCUT2D eigenvalue weighted by Gasteiger charge is -2.10. The van der Waals surface area contributed by atoms with Crippen molar-refractivity contribution in [2.24, 2.45) is 0 Å². The Balaban J connectivity index is 2.06. The van der Waals surface area contributed by atoms with E-state index < -0.39 is 0 Å². The Bertz CT molecular complexity index is 487. The highest BCUT2D eigenvalue weighted by atomic mass is 79.9. The molecular formula is C12H13BrN2OS. The molecule has 2 rings (SSSR count). The summed E-state index contributed by atoms with van der Waals surface area (Å²) in [5.74, 6) is 1.58. The Morgan fingerprint density at radius 1 is 1.47 bits per heavy atom. The highest BCUT2D eigenvalue weighted by Gasteiger charge is 2.05. The van der Waals surface area contributed by atoms with Crippen LogP contribution in [0.25, 0.3) is 0 Å². The SMILES string of the molecule is CCOc1cccnc1NCc1sccc1Br. The molecule has 0 aliphatic heterocycles. The minimum Gasteiger partial charge on any atom is -0.490 e. The first-order valence-electron chi connectivity index (χ1n) is 5.34. The maximum Gasteiger partial charge on any atom is 0.169 e. The number of aromatic nitrogens is 1. The predicted molar refractivity (Wildman–Crippen MR) is 74.8 cm³/mol. The van der Waals surface area contributed by atoms with Crippen molar-refractivity contribution >= 4 is 33.1 Å². The number of ether oxygens (including phenoxy) is 1. The van der Waals surface area contributed by atoms with Gasteiger partial charge < -0.3 is 10.1 Å². The summed E-state index contributed by atoms with van der Waals surface area (Å²) in [6.07, 6.45) is 1.76. The van der Waals surface area contributed by atoms with Crippen molar-refractivity contribution in [3.8, 4) is 5.75 Å². The lowest BCUT2D eigenvalue weighted by molar-refractivity contribution is 0.340. The van der Waals surface area contributed by atoms with Crippen LogP contribution in [0.15, 0.2) is 34.2 Å². The fourth-order valence-electron chi connectivity index (χ4n) is 1.41. The number of rotatable bonds is 5. The van der Waals surface area contributed by atoms with Gasteiger partial charge in [0.2, 0.25) is 0 Å². The van der Waals surface area contributed by atoms with Crippen LogP contribution in [0.1, 0.15) is 11.8 Å². The van der Waals surface area contributed by atoms with Gasteiger partial charge in [0, 0.05) is 15.5 Å². The van der Waals surface area contributed by atoms with E-state index in [9.17, 15) is 0 Å². The average molecular weight is 313 g/mol. The van der Waals surface area contributed by atoms with Crippen LogP contribution in [-0.4, -0.2) is 11.6 Å². The van der Waals surface area contributed by atoms with Gasteiger partial charge in [0.1, 0.15) is 0 Å². The number of halogens is 1. The minimum absolute atomic E-state index is 0.642. The van der Waals surface area contributed by atoms with Crippen LogP contribution in [0.2, 0.25) is 0 Å². The lowest BCUT2D eigenvalue weighted by Crippen LogP contribution is -2.03. The van der Waals surface area contributed by atoms with Crippen LogP contribution in [0, 0.1) is 0 Å². The molecule has 0 unspecified atom stereocenters. The molecule has 0 bridgehead atoms. The van der Waals surface area contributed by atoms with Crippen molar-refractivity contribution in [2.75, 3.05) is 11.9 Å². The van der Waals surface area contributed by atoms with E-state index in [0.717, 1.165) is 22.6 Å². The van der Waals surface area contributed by atoms with E-state index in [1.165, 1.54) is 4.88 Å². The summed E-state index contributed by atoms with van der Waals surface area (Å²) in [5, 5.41) is 5.34. The van der Waals surface area contributed by atoms with E-state index in [4.69, 9.17) is 4.74 Å². The van der Waals surface area contributed by atoms with Gasteiger partial charge >= 0.3 is 0 Å². The molecule has 0 atom stereocenters. The molecule has 5 heteroatoms. The number of hydrogen-bond donors (Lipinski definition) is 1. The first-order chi connectivity index (χ1) is 8.31. The van der Waals surface area contributed by atoms with Crippen molar-refractivity contribution in [3.63, 3.8) is 0 Å². The van der Waals surface area contributed by atoms with Gasteiger partial charge in [0.15, 0.2) is 11.6 Å². The zero-order valence-electron chi connectivity index (χ0n) is 9.44. The fourth-order valence-corrected chi connectivity index (χ4v) is 2.84. The number of hydrogen-bond acceptors (Lipinski definition) is 4. The van der Waals surface area contributed by atoms with E-state index in [-0.39, 0.29) is 0 Å². The van der Waals surface area contributed by atoms with E-state index in [1.54, 1.807) is 17.5 Å². The van der Waals surface area contributed by atoms with E-state index in [1.807, 2.05) is 25.1 Å². The third-order valence-electron chi connectivity index (χ3n) is 2.18. The molecule has 0 aliphatic rings. The van der Waals surface area contributed by atoms with Crippen molar-refractivity contribution in [1.82, 2.24) is 4.98 Å². The molecule has 0 saturated carbocycles. The molecule has 0 spiro atoms. The second kappa shape index (κ2) is 6.02. The Morgan fingerprint density at radius 3 is 3.06 bits per heavy atom. The van der Waals surface area contributed by atoms with Crippen molar-refractivity contribution in [1.29, 1.82) is 0 Å². The van der Waals surface area contributed by atoms with Gasteiger partial charge in [-0.25, -0.2) is 4.98 Å². The molecule has 0 aromatic carbocycles. The van der Waals surface area contributed by atoms with E-state index >= 15 is 0 Å². The van der Waals surface area contributed by atoms with Crippen molar-refractivity contribution in [2.45, 2.75) is 13.5 Å². The smallest absolute Gasteiger partial charge is 0.169 e. The third kappa shape index (κ3) is 3.20. The summed E-state index contributed by atoms with van der Waals surface area (Å²) >= 11 is 5.22. The zero-order valence-corrected chi connectivity index (χ0v) is 11.8. The fraction of sp³-hybridized carbons (Fsp3) is 0.250. The van der Waals surface area contributed by atoms with Crippen LogP contribution in [-0.2, 0) is 6.54 Å². The summed E-state index contributed by atoms with van der Waals surface area (Å²) < 4.78 is 6.63. The highest BCUT2D eigenvalue weighted by Crippen LogP contribution is 2.26. The number of anilines is 1. The minimum atomic E-state index is 0.642. The standard InChI is InChI=1S/C12H13BrN2OS/c1-2-16-10-4-3-6-14-12(10)15-8-11-9(13)5-7-17-11/h3-7H,2,8H2,1H3,(H,14,15). The maximum absolute atomic E-state index is 5.50. The highest BCUT2D eigenvalue weighted by molar-refractivity contribution is 9.10. The molecule has 0 aliphatic carbocycles. The van der Waals surface area contributed by atoms with Crippen molar-refractivity contribution < 1.29 is 4.74 Å². The molecule has 0 saturated heterocycles. The van der Waals surface area contributed by atoms with Crippen LogP contribution in [0.3, 0.4) is 0 Å². The first kappa shape index (κ1) is 12.4. The number of nitrogens with zero attached hydrogens (tertiary/aromatic N) is 1. The first-order valence-corrected chi connectivity index (χ1v) is 7.02. The van der Waals surface area contributed by atoms with Crippen LogP contribution in [0.5, 0.6) is 5.75 Å². The summed E-state index contributed by atoms with van der Waals surface area (Å²) in [4.78, 5) is 5.53. The van der Waals surface area contributed by atoms with Gasteiger partial charge in [0.25, 0.3) is 0 Å². The quantitative estimate of drug-likeness (QED) is 0.908. The van der Waals surface area contributed by atoms with Gasteiger partial charge in [-0.1, -0.05) is 0 Å². The van der Waals surface area contributed by atoms with Crippen molar-refractivity contribution in [3.05, 3.63) is 39.1 Å². The average Bonchev–Trinajstić information content (AvgIpc) is 2.74. The van der Waals surface area contributed by atoms with Gasteiger partial charge in [-0.3, -0.25) is 0 Å². The summed E-state index contributed by atoms with van der Waals surface area (Å²) in [6, 6.07) is 5.84. The Hall–Kier alpha value is -1.07. The molecule has 3 nitrogen and oxygen atoms in total. The maximum atomic E-state index is 5.50. The second-order valence-electron chi connectivity index (χ2n) is 3.33. The monoisotopic (exact) mass is 312 g/mol. The molecule has 2 heterocycles. The zero-order chi connectivity index (χ0) is 12.1. The van der Waals surface area contributed by atoms with Crippen LogP contribution < -0.4 is 10.1 Å². The number of nitrogens with one attached hydrogen (secondary N) is 1.